The molecule has 1 amide bonds. The zero-order valence-electron chi connectivity index (χ0n) is 12.5. The van der Waals surface area contributed by atoms with Crippen molar-refractivity contribution in [2.24, 2.45) is 0 Å². The lowest BCUT2D eigenvalue weighted by Gasteiger charge is -2.11. The Morgan fingerprint density at radius 2 is 2.09 bits per heavy atom. The topological polar surface area (TPSA) is 77.8 Å². The molecule has 0 aliphatic carbocycles. The van der Waals surface area contributed by atoms with Crippen LogP contribution in [0.3, 0.4) is 0 Å². The Hall–Kier alpha value is -2.28. The lowest BCUT2D eigenvalue weighted by Crippen LogP contribution is -2.31. The molecule has 2 rings (SSSR count). The van der Waals surface area contributed by atoms with Crippen LogP contribution in [0.5, 0.6) is 5.75 Å². The maximum atomic E-state index is 11.7. The number of rotatable bonds is 7. The van der Waals surface area contributed by atoms with E-state index in [2.05, 4.69) is 21.2 Å². The molecule has 1 aromatic heterocycles. The van der Waals surface area contributed by atoms with Crippen molar-refractivity contribution in [2.75, 3.05) is 13.2 Å². The van der Waals surface area contributed by atoms with Crippen LogP contribution in [0.15, 0.2) is 51.6 Å². The van der Waals surface area contributed by atoms with Crippen molar-refractivity contribution in [3.05, 3.63) is 52.9 Å². The molecule has 0 unspecified atom stereocenters. The van der Waals surface area contributed by atoms with Gasteiger partial charge in [0.05, 0.1) is 12.3 Å². The number of nitrogens with one attached hydrogen (secondary N) is 1. The molecule has 1 N–H and O–H groups in total. The van der Waals surface area contributed by atoms with Crippen LogP contribution >= 0.6 is 15.9 Å². The normalized spacial score (nSPS) is 11.6. The summed E-state index contributed by atoms with van der Waals surface area (Å²) in [6, 6.07) is 10.3. The maximum absolute atomic E-state index is 11.7. The molecule has 6 nitrogen and oxygen atoms in total. The van der Waals surface area contributed by atoms with Crippen LogP contribution < -0.4 is 10.1 Å². The zero-order valence-corrected chi connectivity index (χ0v) is 14.0. The summed E-state index contributed by atoms with van der Waals surface area (Å²) in [5, 5.41) is 2.66. The third-order valence-corrected chi connectivity index (χ3v) is 3.36. The van der Waals surface area contributed by atoms with Crippen molar-refractivity contribution in [3.63, 3.8) is 0 Å². The molecule has 1 heterocycles. The summed E-state index contributed by atoms with van der Waals surface area (Å²) in [6.07, 6.45) is 1.53. The molecule has 0 aliphatic rings. The number of carbonyl (C=O) groups is 2. The van der Waals surface area contributed by atoms with E-state index in [0.717, 1.165) is 4.47 Å². The van der Waals surface area contributed by atoms with Crippen molar-refractivity contribution < 1.29 is 23.5 Å². The Bertz CT molecular complexity index is 656. The minimum atomic E-state index is -0.620. The van der Waals surface area contributed by atoms with Gasteiger partial charge in [0.15, 0.2) is 13.2 Å². The van der Waals surface area contributed by atoms with Gasteiger partial charge in [-0.2, -0.15) is 0 Å². The minimum absolute atomic E-state index is 0.266. The molecule has 122 valence electrons. The van der Waals surface area contributed by atoms with Gasteiger partial charge in [-0.25, -0.2) is 4.79 Å². The lowest BCUT2D eigenvalue weighted by atomic mass is 10.2. The number of hydrogen-bond donors (Lipinski definition) is 1. The zero-order chi connectivity index (χ0) is 16.7. The average Bonchev–Trinajstić information content (AvgIpc) is 3.05. The number of halogens is 1. The highest BCUT2D eigenvalue weighted by atomic mass is 79.9. The van der Waals surface area contributed by atoms with Gasteiger partial charge in [-0.3, -0.25) is 4.79 Å². The van der Waals surface area contributed by atoms with Crippen LogP contribution in [0.25, 0.3) is 0 Å². The molecule has 0 saturated carbocycles. The van der Waals surface area contributed by atoms with Crippen LogP contribution in [0.2, 0.25) is 0 Å². The summed E-state index contributed by atoms with van der Waals surface area (Å²) in [6.45, 7) is 1.14. The molecule has 2 aromatic rings. The number of benzene rings is 1. The first-order valence-corrected chi connectivity index (χ1v) is 7.70. The van der Waals surface area contributed by atoms with E-state index >= 15 is 0 Å². The molecule has 0 fully saturated rings. The largest absolute Gasteiger partial charge is 0.482 e. The minimum Gasteiger partial charge on any atom is -0.482 e. The van der Waals surface area contributed by atoms with E-state index in [1.165, 1.54) is 6.26 Å². The highest BCUT2D eigenvalue weighted by molar-refractivity contribution is 9.10. The van der Waals surface area contributed by atoms with Crippen molar-refractivity contribution in [1.29, 1.82) is 0 Å². The molecule has 7 heteroatoms. The summed E-state index contributed by atoms with van der Waals surface area (Å²) in [5.74, 6) is 0.130. The van der Waals surface area contributed by atoms with E-state index in [4.69, 9.17) is 13.9 Å². The third-order valence-electron chi connectivity index (χ3n) is 2.86. The van der Waals surface area contributed by atoms with Crippen LogP contribution in [0.1, 0.15) is 18.7 Å². The summed E-state index contributed by atoms with van der Waals surface area (Å²) < 4.78 is 16.1. The van der Waals surface area contributed by atoms with Crippen LogP contribution in [0, 0.1) is 0 Å². The Kier molecular flexibility index (Phi) is 6.22. The van der Waals surface area contributed by atoms with Crippen molar-refractivity contribution in [1.82, 2.24) is 5.32 Å². The number of furan rings is 1. The molecule has 1 aromatic carbocycles. The highest BCUT2D eigenvalue weighted by Crippen LogP contribution is 2.17. The predicted octanol–water partition coefficient (Wildman–Crippen LogP) is 2.84. The summed E-state index contributed by atoms with van der Waals surface area (Å²) >= 11 is 3.30. The Labute approximate surface area is 141 Å². The third kappa shape index (κ3) is 5.78. The first-order valence-electron chi connectivity index (χ1n) is 6.91. The molecular formula is C16H16BrNO5. The van der Waals surface area contributed by atoms with E-state index in [1.807, 2.05) is 6.07 Å². The van der Waals surface area contributed by atoms with Crippen molar-refractivity contribution >= 4 is 27.8 Å². The molecule has 0 radical (unpaired) electrons. The van der Waals surface area contributed by atoms with E-state index in [1.54, 1.807) is 37.3 Å². The molecular weight excluding hydrogens is 366 g/mol. The fraction of sp³-hybridized carbons (Fsp3) is 0.250. The number of amides is 1. The van der Waals surface area contributed by atoms with Gasteiger partial charge in [0.2, 0.25) is 0 Å². The van der Waals surface area contributed by atoms with Gasteiger partial charge < -0.3 is 19.2 Å². The van der Waals surface area contributed by atoms with Gasteiger partial charge in [0, 0.05) is 4.47 Å². The number of carbonyl (C=O) groups excluding carboxylic acids is 2. The van der Waals surface area contributed by atoms with E-state index in [0.29, 0.717) is 11.5 Å². The predicted molar refractivity (Wildman–Crippen MR) is 85.9 cm³/mol. The number of ether oxygens (including phenoxy) is 2. The number of hydrogen-bond acceptors (Lipinski definition) is 5. The Morgan fingerprint density at radius 3 is 2.78 bits per heavy atom. The van der Waals surface area contributed by atoms with Crippen LogP contribution in [0.4, 0.5) is 0 Å². The molecule has 0 bridgehead atoms. The second-order valence-corrected chi connectivity index (χ2v) is 5.63. The second-order valence-electron chi connectivity index (χ2n) is 4.71. The van der Waals surface area contributed by atoms with Gasteiger partial charge in [0.1, 0.15) is 11.5 Å². The monoisotopic (exact) mass is 381 g/mol. The fourth-order valence-corrected chi connectivity index (χ4v) is 2.16. The fourth-order valence-electron chi connectivity index (χ4n) is 1.78. The van der Waals surface area contributed by atoms with Gasteiger partial charge in [0.25, 0.3) is 5.91 Å². The smallest absolute Gasteiger partial charge is 0.344 e. The summed E-state index contributed by atoms with van der Waals surface area (Å²) in [5.41, 5.74) is 0. The van der Waals surface area contributed by atoms with Crippen LogP contribution in [-0.2, 0) is 14.3 Å². The highest BCUT2D eigenvalue weighted by Gasteiger charge is 2.13. The van der Waals surface area contributed by atoms with Crippen molar-refractivity contribution in [3.8, 4) is 5.75 Å². The van der Waals surface area contributed by atoms with Gasteiger partial charge >= 0.3 is 5.97 Å². The molecule has 0 saturated heterocycles. The number of esters is 1. The first-order chi connectivity index (χ1) is 11.0. The summed E-state index contributed by atoms with van der Waals surface area (Å²) in [7, 11) is 0. The second kappa shape index (κ2) is 8.38. The summed E-state index contributed by atoms with van der Waals surface area (Å²) in [4.78, 5) is 23.3. The molecule has 0 spiro atoms. The Morgan fingerprint density at radius 1 is 1.26 bits per heavy atom. The van der Waals surface area contributed by atoms with E-state index in [-0.39, 0.29) is 19.3 Å². The average molecular weight is 382 g/mol. The van der Waals surface area contributed by atoms with Crippen molar-refractivity contribution in [2.45, 2.75) is 13.0 Å². The quantitative estimate of drug-likeness (QED) is 0.746. The molecule has 1 atom stereocenters. The van der Waals surface area contributed by atoms with E-state index in [9.17, 15) is 9.59 Å². The van der Waals surface area contributed by atoms with E-state index < -0.39 is 11.9 Å². The van der Waals surface area contributed by atoms with Crippen LogP contribution in [-0.4, -0.2) is 25.1 Å². The maximum Gasteiger partial charge on any atom is 0.344 e. The van der Waals surface area contributed by atoms with Gasteiger partial charge in [-0.1, -0.05) is 22.0 Å². The standard InChI is InChI=1S/C16H16BrNO5/c1-11(14-6-3-7-21-14)18-15(19)9-23-16(20)10-22-13-5-2-4-12(17)8-13/h2-8,11H,9-10H2,1H3,(H,18,19)/t11-/m0/s1. The lowest BCUT2D eigenvalue weighted by molar-refractivity contribution is -0.150. The van der Waals surface area contributed by atoms with Gasteiger partial charge in [-0.15, -0.1) is 0 Å². The SMILES string of the molecule is C[C@H](NC(=O)COC(=O)COc1cccc(Br)c1)c1ccco1. The van der Waals surface area contributed by atoms with Gasteiger partial charge in [-0.05, 0) is 37.3 Å². The Balaban J connectivity index is 1.68. The molecule has 23 heavy (non-hydrogen) atoms. The first kappa shape index (κ1) is 17.1. The molecule has 0 aliphatic heterocycles.